The highest BCUT2D eigenvalue weighted by atomic mass is 14.7. The lowest BCUT2D eigenvalue weighted by atomic mass is 9.81. The van der Waals surface area contributed by atoms with Crippen LogP contribution in [0.5, 0.6) is 0 Å². The molecule has 0 bridgehead atoms. The first-order valence-corrected chi connectivity index (χ1v) is 4.51. The number of rotatable bonds is 5. The van der Waals surface area contributed by atoms with Crippen LogP contribution in [0.3, 0.4) is 0 Å². The highest BCUT2D eigenvalue weighted by Gasteiger charge is 2.25. The van der Waals surface area contributed by atoms with E-state index in [4.69, 9.17) is 5.73 Å². The largest absolute Gasteiger partial charge is 0.321 e. The summed E-state index contributed by atoms with van der Waals surface area (Å²) >= 11 is 0. The van der Waals surface area contributed by atoms with Gasteiger partial charge in [-0.3, -0.25) is 0 Å². The molecule has 0 radical (unpaired) electrons. The fourth-order valence-electron chi connectivity index (χ4n) is 1.44. The van der Waals surface area contributed by atoms with Crippen molar-refractivity contribution in [1.82, 2.24) is 0 Å². The summed E-state index contributed by atoms with van der Waals surface area (Å²) in [7, 11) is 0. The first kappa shape index (κ1) is 12.2. The predicted molar refractivity (Wildman–Crippen MR) is 60.6 cm³/mol. The molecule has 0 aromatic carbocycles. The number of nitrogens with two attached hydrogens (primary N) is 1. The van der Waals surface area contributed by atoms with Crippen molar-refractivity contribution in [2.45, 2.75) is 39.2 Å². The van der Waals surface area contributed by atoms with E-state index in [1.165, 1.54) is 0 Å². The average Bonchev–Trinajstić information content (AvgIpc) is 1.82. The normalized spacial score (nSPS) is 11.1. The zero-order chi connectivity index (χ0) is 10.6. The molecule has 1 nitrogen and oxygen atoms in total. The van der Waals surface area contributed by atoms with Gasteiger partial charge in [-0.05, 0) is 33.6 Å². The van der Waals surface area contributed by atoms with Gasteiger partial charge < -0.3 is 5.73 Å². The Morgan fingerprint density at radius 1 is 1.00 bits per heavy atom. The molecular weight excluding hydrogens is 158 g/mol. The quantitative estimate of drug-likeness (QED) is 0.644. The van der Waals surface area contributed by atoms with E-state index in [2.05, 4.69) is 19.7 Å². The summed E-state index contributed by atoms with van der Waals surface area (Å²) in [5.41, 5.74) is 9.05. The van der Waals surface area contributed by atoms with Crippen LogP contribution in [0.25, 0.3) is 0 Å². The second-order valence-corrected chi connectivity index (χ2v) is 4.20. The molecule has 0 unspecified atom stereocenters. The molecule has 0 aliphatic rings. The Morgan fingerprint density at radius 3 is 1.46 bits per heavy atom. The molecule has 1 heteroatoms. The summed E-state index contributed by atoms with van der Waals surface area (Å²) < 4.78 is 0. The van der Waals surface area contributed by atoms with E-state index < -0.39 is 0 Å². The van der Waals surface area contributed by atoms with E-state index >= 15 is 0 Å². The van der Waals surface area contributed by atoms with Crippen molar-refractivity contribution in [3.05, 3.63) is 36.5 Å². The van der Waals surface area contributed by atoms with Crippen LogP contribution >= 0.6 is 0 Å². The van der Waals surface area contributed by atoms with Crippen molar-refractivity contribution in [2.75, 3.05) is 0 Å². The molecule has 0 aromatic rings. The van der Waals surface area contributed by atoms with E-state index in [9.17, 15) is 0 Å². The molecule has 0 spiro atoms. The Kier molecular flexibility index (Phi) is 4.15. The maximum absolute atomic E-state index is 6.22. The molecule has 0 fully saturated rings. The first-order chi connectivity index (χ1) is 5.78. The average molecular weight is 179 g/mol. The Hall–Kier alpha value is -0.820. The number of hydrogen-bond donors (Lipinski definition) is 1. The van der Waals surface area contributed by atoms with Gasteiger partial charge >= 0.3 is 0 Å². The topological polar surface area (TPSA) is 26.0 Å². The lowest BCUT2D eigenvalue weighted by Gasteiger charge is -2.30. The predicted octanol–water partition coefficient (Wildman–Crippen LogP) is 3.19. The fourth-order valence-corrected chi connectivity index (χ4v) is 1.44. The zero-order valence-electron chi connectivity index (χ0n) is 9.11. The third-order valence-corrected chi connectivity index (χ3v) is 2.08. The summed E-state index contributed by atoms with van der Waals surface area (Å²) in [5.74, 6) is 0. The molecular formula is C12H21N. The van der Waals surface area contributed by atoms with Gasteiger partial charge in [0, 0.05) is 5.54 Å². The maximum Gasteiger partial charge on any atom is 0.0438 e. The molecule has 0 rings (SSSR count). The Balaban J connectivity index is 4.62. The number of hydrogen-bond acceptors (Lipinski definition) is 1. The lowest BCUT2D eigenvalue weighted by Crippen LogP contribution is -2.41. The molecule has 2 N–H and O–H groups in total. The fraction of sp³-hybridized carbons (Fsp3) is 0.500. The first-order valence-electron chi connectivity index (χ1n) is 4.51. The summed E-state index contributed by atoms with van der Waals surface area (Å²) in [6.07, 6.45) is 1.57. The molecule has 0 atom stereocenters. The second kappa shape index (κ2) is 4.43. The SMILES string of the molecule is C=C(C)CC(N)(CC(=C)C)C(=C)C. The van der Waals surface area contributed by atoms with Crippen molar-refractivity contribution in [3.8, 4) is 0 Å². The van der Waals surface area contributed by atoms with Gasteiger partial charge in [0.1, 0.15) is 0 Å². The van der Waals surface area contributed by atoms with Crippen LogP contribution in [0.1, 0.15) is 33.6 Å². The van der Waals surface area contributed by atoms with Crippen LogP contribution in [0.4, 0.5) is 0 Å². The molecule has 0 aliphatic heterocycles. The highest BCUT2D eigenvalue weighted by molar-refractivity contribution is 5.21. The molecule has 0 saturated carbocycles. The molecule has 0 aliphatic carbocycles. The molecule has 74 valence electrons. The van der Waals surface area contributed by atoms with E-state index in [0.717, 1.165) is 29.6 Å². The third kappa shape index (κ3) is 4.09. The van der Waals surface area contributed by atoms with E-state index in [1.54, 1.807) is 0 Å². The van der Waals surface area contributed by atoms with E-state index in [1.807, 2.05) is 20.8 Å². The monoisotopic (exact) mass is 179 g/mol. The zero-order valence-corrected chi connectivity index (χ0v) is 9.11. The highest BCUT2D eigenvalue weighted by Crippen LogP contribution is 2.26. The van der Waals surface area contributed by atoms with E-state index in [0.29, 0.717) is 0 Å². The Bertz CT molecular complexity index is 220. The van der Waals surface area contributed by atoms with Crippen LogP contribution in [-0.2, 0) is 0 Å². The van der Waals surface area contributed by atoms with Crippen LogP contribution < -0.4 is 5.73 Å². The van der Waals surface area contributed by atoms with Gasteiger partial charge in [-0.25, -0.2) is 0 Å². The van der Waals surface area contributed by atoms with Gasteiger partial charge in [-0.1, -0.05) is 23.3 Å². The minimum Gasteiger partial charge on any atom is -0.321 e. The molecule has 0 saturated heterocycles. The van der Waals surface area contributed by atoms with Crippen molar-refractivity contribution < 1.29 is 0 Å². The lowest BCUT2D eigenvalue weighted by molar-refractivity contribution is 0.489. The van der Waals surface area contributed by atoms with Gasteiger partial charge in [0.25, 0.3) is 0 Å². The second-order valence-electron chi connectivity index (χ2n) is 4.20. The van der Waals surface area contributed by atoms with Gasteiger partial charge in [0.05, 0.1) is 0 Å². The van der Waals surface area contributed by atoms with Crippen molar-refractivity contribution in [2.24, 2.45) is 5.73 Å². The van der Waals surface area contributed by atoms with Gasteiger partial charge in [-0.2, -0.15) is 0 Å². The molecule has 13 heavy (non-hydrogen) atoms. The standard InChI is InChI=1S/C12H21N/c1-9(2)7-12(13,11(5)6)8-10(3)4/h1,3,5,7-8,13H2,2,4,6H3. The van der Waals surface area contributed by atoms with Crippen molar-refractivity contribution in [3.63, 3.8) is 0 Å². The molecule has 0 amide bonds. The van der Waals surface area contributed by atoms with Crippen molar-refractivity contribution in [1.29, 1.82) is 0 Å². The smallest absolute Gasteiger partial charge is 0.0438 e. The van der Waals surface area contributed by atoms with Crippen molar-refractivity contribution >= 4 is 0 Å². The van der Waals surface area contributed by atoms with Crippen LogP contribution in [0.2, 0.25) is 0 Å². The minimum absolute atomic E-state index is 0.350. The Morgan fingerprint density at radius 2 is 1.31 bits per heavy atom. The maximum atomic E-state index is 6.22. The summed E-state index contributed by atoms with van der Waals surface area (Å²) in [4.78, 5) is 0. The van der Waals surface area contributed by atoms with Gasteiger partial charge in [0.15, 0.2) is 0 Å². The van der Waals surface area contributed by atoms with E-state index in [-0.39, 0.29) is 5.54 Å². The molecule has 0 aromatic heterocycles. The Labute approximate surface area is 82.0 Å². The van der Waals surface area contributed by atoms with Gasteiger partial charge in [0.2, 0.25) is 0 Å². The molecule has 0 heterocycles. The minimum atomic E-state index is -0.350. The summed E-state index contributed by atoms with van der Waals surface area (Å²) in [6, 6.07) is 0. The van der Waals surface area contributed by atoms with Crippen LogP contribution in [-0.4, -0.2) is 5.54 Å². The summed E-state index contributed by atoms with van der Waals surface area (Å²) in [6.45, 7) is 17.6. The summed E-state index contributed by atoms with van der Waals surface area (Å²) in [5, 5.41) is 0. The third-order valence-electron chi connectivity index (χ3n) is 2.08. The van der Waals surface area contributed by atoms with Crippen LogP contribution in [0.15, 0.2) is 36.5 Å². The van der Waals surface area contributed by atoms with Gasteiger partial charge in [-0.15, -0.1) is 13.2 Å². The van der Waals surface area contributed by atoms with Crippen LogP contribution in [0, 0.1) is 0 Å².